The molecule has 3 rings (SSSR count). The van der Waals surface area contributed by atoms with Crippen LogP contribution >= 0.6 is 0 Å². The number of hydrogen-bond acceptors (Lipinski definition) is 6. The largest absolute Gasteiger partial charge is 0.475 e. The van der Waals surface area contributed by atoms with Crippen LogP contribution in [0.25, 0.3) is 5.65 Å². The number of fused-ring (bicyclic) bond motifs is 1. The number of ether oxygens (including phenoxy) is 1. The van der Waals surface area contributed by atoms with Gasteiger partial charge < -0.3 is 10.5 Å². The average Bonchev–Trinajstić information content (AvgIpc) is 2.78. The number of rotatable bonds is 3. The Morgan fingerprint density at radius 1 is 1.21 bits per heavy atom. The molecule has 7 nitrogen and oxygen atoms in total. The summed E-state index contributed by atoms with van der Waals surface area (Å²) in [6.07, 6.45) is 6.93. The molecule has 1 aliphatic carbocycles. The van der Waals surface area contributed by atoms with E-state index in [9.17, 15) is 0 Å². The van der Waals surface area contributed by atoms with E-state index in [-0.39, 0.29) is 5.54 Å². The van der Waals surface area contributed by atoms with Crippen molar-refractivity contribution in [3.63, 3.8) is 0 Å². The Bertz CT molecular complexity index is 546. The Kier molecular flexibility index (Phi) is 3.29. The Balaban J connectivity index is 1.67. The topological polar surface area (TPSA) is 91.2 Å². The zero-order chi connectivity index (χ0) is 13.1. The normalized spacial score (nSPS) is 19.2. The van der Waals surface area contributed by atoms with Crippen LogP contribution in [0.2, 0.25) is 0 Å². The summed E-state index contributed by atoms with van der Waals surface area (Å²) in [5.74, 6) is 0.508. The Morgan fingerprint density at radius 3 is 2.79 bits per heavy atom. The molecule has 0 aliphatic heterocycles. The first-order valence-corrected chi connectivity index (χ1v) is 6.72. The number of hydrogen-bond donors (Lipinski definition) is 1. The Labute approximate surface area is 111 Å². The highest BCUT2D eigenvalue weighted by atomic mass is 16.5. The Morgan fingerprint density at radius 2 is 2.00 bits per heavy atom. The van der Waals surface area contributed by atoms with Crippen LogP contribution in [0.15, 0.2) is 12.1 Å². The highest BCUT2D eigenvalue weighted by Crippen LogP contribution is 2.25. The van der Waals surface area contributed by atoms with Gasteiger partial charge in [-0.1, -0.05) is 25.7 Å². The van der Waals surface area contributed by atoms with E-state index in [0.29, 0.717) is 18.1 Å². The minimum Gasteiger partial charge on any atom is -0.475 e. The predicted molar refractivity (Wildman–Crippen MR) is 68.7 cm³/mol. The van der Waals surface area contributed by atoms with Gasteiger partial charge in [-0.05, 0) is 29.3 Å². The summed E-state index contributed by atoms with van der Waals surface area (Å²) < 4.78 is 7.08. The first-order chi connectivity index (χ1) is 9.25. The second kappa shape index (κ2) is 5.08. The van der Waals surface area contributed by atoms with E-state index in [4.69, 9.17) is 10.5 Å². The molecule has 0 amide bonds. The zero-order valence-corrected chi connectivity index (χ0v) is 10.8. The molecule has 0 unspecified atom stereocenters. The first kappa shape index (κ1) is 12.3. The molecule has 2 aromatic heterocycles. The molecule has 2 aromatic rings. The summed E-state index contributed by atoms with van der Waals surface area (Å²) in [7, 11) is 0. The van der Waals surface area contributed by atoms with Gasteiger partial charge in [-0.3, -0.25) is 0 Å². The van der Waals surface area contributed by atoms with Crippen LogP contribution < -0.4 is 10.5 Å². The van der Waals surface area contributed by atoms with E-state index in [0.717, 1.165) is 12.8 Å². The fourth-order valence-electron chi connectivity index (χ4n) is 2.50. The van der Waals surface area contributed by atoms with Gasteiger partial charge in [0.05, 0.1) is 5.54 Å². The molecule has 2 heterocycles. The molecule has 0 bridgehead atoms. The van der Waals surface area contributed by atoms with Crippen molar-refractivity contribution in [1.29, 1.82) is 0 Å². The molecule has 1 fully saturated rings. The molecule has 1 saturated carbocycles. The van der Waals surface area contributed by atoms with Crippen LogP contribution in [0.4, 0.5) is 0 Å². The summed E-state index contributed by atoms with van der Waals surface area (Å²) in [5.41, 5.74) is 6.77. The highest BCUT2D eigenvalue weighted by molar-refractivity contribution is 5.34. The van der Waals surface area contributed by atoms with E-state index >= 15 is 0 Å². The average molecular weight is 262 g/mol. The van der Waals surface area contributed by atoms with Crippen molar-refractivity contribution >= 4 is 5.65 Å². The number of nitrogens with zero attached hydrogens (tertiary/aromatic N) is 5. The Hall–Kier alpha value is -1.76. The molecule has 0 radical (unpaired) electrons. The quantitative estimate of drug-likeness (QED) is 0.828. The van der Waals surface area contributed by atoms with Gasteiger partial charge in [-0.15, -0.1) is 14.8 Å². The van der Waals surface area contributed by atoms with Gasteiger partial charge >= 0.3 is 0 Å². The summed E-state index contributed by atoms with van der Waals surface area (Å²) in [6, 6.07) is 3.55. The van der Waals surface area contributed by atoms with Crippen molar-refractivity contribution in [3.8, 4) is 5.88 Å². The third-order valence-corrected chi connectivity index (χ3v) is 3.65. The smallest absolute Gasteiger partial charge is 0.233 e. The predicted octanol–water partition coefficient (Wildman–Crippen LogP) is 0.950. The monoisotopic (exact) mass is 262 g/mol. The van der Waals surface area contributed by atoms with Gasteiger partial charge in [-0.2, -0.15) is 0 Å². The molecular formula is C12H18N6O. The second-order valence-electron chi connectivity index (χ2n) is 5.26. The van der Waals surface area contributed by atoms with Crippen molar-refractivity contribution < 1.29 is 4.74 Å². The van der Waals surface area contributed by atoms with Crippen LogP contribution in [0.1, 0.15) is 38.5 Å². The van der Waals surface area contributed by atoms with Gasteiger partial charge in [0, 0.05) is 6.07 Å². The molecule has 0 spiro atoms. The van der Waals surface area contributed by atoms with Crippen LogP contribution in [0.5, 0.6) is 5.88 Å². The minimum absolute atomic E-state index is 0.228. The maximum Gasteiger partial charge on any atom is 0.233 e. The van der Waals surface area contributed by atoms with Crippen molar-refractivity contribution in [3.05, 3.63) is 12.1 Å². The van der Waals surface area contributed by atoms with Crippen molar-refractivity contribution in [2.75, 3.05) is 6.61 Å². The lowest BCUT2D eigenvalue weighted by Gasteiger charge is -2.27. The van der Waals surface area contributed by atoms with E-state index < -0.39 is 0 Å². The summed E-state index contributed by atoms with van der Waals surface area (Å²) in [4.78, 5) is 0. The lowest BCUT2D eigenvalue weighted by molar-refractivity contribution is 0.191. The third kappa shape index (κ3) is 2.81. The van der Waals surface area contributed by atoms with Crippen LogP contribution in [0, 0.1) is 0 Å². The number of tetrazole rings is 1. The van der Waals surface area contributed by atoms with E-state index in [1.807, 2.05) is 0 Å². The molecule has 19 heavy (non-hydrogen) atoms. The third-order valence-electron chi connectivity index (χ3n) is 3.65. The van der Waals surface area contributed by atoms with Gasteiger partial charge in [0.2, 0.25) is 5.88 Å². The standard InChI is InChI=1S/C12H18N6O/c13-12(7-3-1-2-4-8-12)9-19-11-6-5-10-14-16-17-18(10)15-11/h5-6H,1-4,7-9,13H2. The van der Waals surface area contributed by atoms with Crippen molar-refractivity contribution in [1.82, 2.24) is 25.3 Å². The molecule has 2 N–H and O–H groups in total. The fraction of sp³-hybridized carbons (Fsp3) is 0.667. The lowest BCUT2D eigenvalue weighted by Crippen LogP contribution is -2.45. The maximum atomic E-state index is 6.40. The van der Waals surface area contributed by atoms with Crippen LogP contribution in [-0.2, 0) is 0 Å². The van der Waals surface area contributed by atoms with Crippen molar-refractivity contribution in [2.24, 2.45) is 5.73 Å². The zero-order valence-electron chi connectivity index (χ0n) is 10.8. The molecule has 0 atom stereocenters. The molecule has 7 heteroatoms. The van der Waals surface area contributed by atoms with Gasteiger partial charge in [0.25, 0.3) is 0 Å². The highest BCUT2D eigenvalue weighted by Gasteiger charge is 2.27. The van der Waals surface area contributed by atoms with Gasteiger partial charge in [0.1, 0.15) is 6.61 Å². The second-order valence-corrected chi connectivity index (χ2v) is 5.26. The fourth-order valence-corrected chi connectivity index (χ4v) is 2.50. The van der Waals surface area contributed by atoms with Gasteiger partial charge in [-0.25, -0.2) is 0 Å². The maximum absolute atomic E-state index is 6.40. The van der Waals surface area contributed by atoms with Crippen molar-refractivity contribution in [2.45, 2.75) is 44.1 Å². The number of nitrogens with two attached hydrogens (primary N) is 1. The minimum atomic E-state index is -0.228. The summed E-state index contributed by atoms with van der Waals surface area (Å²) in [5, 5.41) is 15.3. The lowest BCUT2D eigenvalue weighted by atomic mass is 9.93. The van der Waals surface area contributed by atoms with E-state index in [1.165, 1.54) is 30.3 Å². The first-order valence-electron chi connectivity index (χ1n) is 6.72. The van der Waals surface area contributed by atoms with E-state index in [1.54, 1.807) is 12.1 Å². The molecule has 1 aliphatic rings. The molecule has 0 aromatic carbocycles. The number of aromatic nitrogens is 5. The van der Waals surface area contributed by atoms with E-state index in [2.05, 4.69) is 20.6 Å². The summed E-state index contributed by atoms with van der Waals surface area (Å²) in [6.45, 7) is 0.494. The molecular weight excluding hydrogens is 244 g/mol. The van der Waals surface area contributed by atoms with Crippen LogP contribution in [0.3, 0.4) is 0 Å². The van der Waals surface area contributed by atoms with Crippen LogP contribution in [-0.4, -0.2) is 37.4 Å². The summed E-state index contributed by atoms with van der Waals surface area (Å²) >= 11 is 0. The molecule has 0 saturated heterocycles. The molecule has 102 valence electrons. The SMILES string of the molecule is NC1(COc2ccc3nnnn3n2)CCCCCC1. The van der Waals surface area contributed by atoms with Gasteiger partial charge in [0.15, 0.2) is 5.65 Å².